The van der Waals surface area contributed by atoms with Gasteiger partial charge in [-0.2, -0.15) is 0 Å². The topological polar surface area (TPSA) is 77.8 Å². The van der Waals surface area contributed by atoms with Crippen molar-refractivity contribution in [2.24, 2.45) is 5.73 Å². The van der Waals surface area contributed by atoms with Crippen molar-refractivity contribution < 1.29 is 0 Å². The van der Waals surface area contributed by atoms with Crippen LogP contribution in [0.3, 0.4) is 0 Å². The highest BCUT2D eigenvalue weighted by molar-refractivity contribution is 5.44. The second-order valence-corrected chi connectivity index (χ2v) is 4.05. The fourth-order valence-electron chi connectivity index (χ4n) is 2.05. The molecule has 1 aliphatic carbocycles. The smallest absolute Gasteiger partial charge is 0.131 e. The zero-order valence-electron chi connectivity index (χ0n) is 9.00. The Morgan fingerprint density at radius 1 is 1.13 bits per heavy atom. The van der Waals surface area contributed by atoms with Crippen molar-refractivity contribution in [2.75, 3.05) is 12.3 Å². The molecule has 1 heterocycles. The summed E-state index contributed by atoms with van der Waals surface area (Å²) in [6.45, 7) is 0.737. The predicted molar refractivity (Wildman–Crippen MR) is 60.5 cm³/mol. The molecule has 0 aromatic carbocycles. The van der Waals surface area contributed by atoms with Gasteiger partial charge in [0, 0.05) is 17.7 Å². The summed E-state index contributed by atoms with van der Waals surface area (Å²) in [6, 6.07) is 0. The molecular formula is C11H18N4. The monoisotopic (exact) mass is 206 g/mol. The molecule has 4 nitrogen and oxygen atoms in total. The average Bonchev–Trinajstić information content (AvgIpc) is 2.66. The molecule has 0 radical (unpaired) electrons. The van der Waals surface area contributed by atoms with E-state index < -0.39 is 0 Å². The highest BCUT2D eigenvalue weighted by Crippen LogP contribution is 2.24. The molecule has 1 aromatic rings. The molecule has 1 aromatic heterocycles. The molecule has 0 saturated heterocycles. The zero-order valence-corrected chi connectivity index (χ0v) is 9.00. The van der Waals surface area contributed by atoms with Gasteiger partial charge in [-0.3, -0.25) is 0 Å². The highest BCUT2D eigenvalue weighted by Gasteiger charge is 2.17. The molecule has 82 valence electrons. The Bertz CT molecular complexity index is 349. The maximum absolute atomic E-state index is 5.90. The van der Waals surface area contributed by atoms with Crippen molar-refractivity contribution in [3.63, 3.8) is 0 Å². The SMILES string of the molecule is NCCCCc1nc(N)c2c(n1)CCC2. The van der Waals surface area contributed by atoms with E-state index in [1.165, 1.54) is 17.7 Å². The van der Waals surface area contributed by atoms with Crippen LogP contribution in [0.25, 0.3) is 0 Å². The Morgan fingerprint density at radius 2 is 2.00 bits per heavy atom. The van der Waals surface area contributed by atoms with Gasteiger partial charge in [0.05, 0.1) is 0 Å². The maximum atomic E-state index is 5.90. The number of aryl methyl sites for hydroxylation is 2. The van der Waals surface area contributed by atoms with Gasteiger partial charge in [0.25, 0.3) is 0 Å². The van der Waals surface area contributed by atoms with Gasteiger partial charge in [-0.15, -0.1) is 0 Å². The summed E-state index contributed by atoms with van der Waals surface area (Å²) in [5.74, 6) is 1.59. The summed E-state index contributed by atoms with van der Waals surface area (Å²) >= 11 is 0. The summed E-state index contributed by atoms with van der Waals surface area (Å²) in [4.78, 5) is 8.90. The first-order valence-electron chi connectivity index (χ1n) is 5.65. The number of nitrogen functional groups attached to an aromatic ring is 1. The van der Waals surface area contributed by atoms with E-state index in [1.807, 2.05) is 0 Å². The lowest BCUT2D eigenvalue weighted by atomic mass is 10.2. The first-order valence-corrected chi connectivity index (χ1v) is 5.65. The van der Waals surface area contributed by atoms with Gasteiger partial charge in [0.15, 0.2) is 0 Å². The molecule has 4 N–H and O–H groups in total. The van der Waals surface area contributed by atoms with E-state index in [2.05, 4.69) is 9.97 Å². The van der Waals surface area contributed by atoms with Crippen LogP contribution in [0.15, 0.2) is 0 Å². The Morgan fingerprint density at radius 3 is 2.80 bits per heavy atom. The largest absolute Gasteiger partial charge is 0.383 e. The van der Waals surface area contributed by atoms with Gasteiger partial charge in [-0.1, -0.05) is 0 Å². The minimum Gasteiger partial charge on any atom is -0.383 e. The van der Waals surface area contributed by atoms with E-state index >= 15 is 0 Å². The van der Waals surface area contributed by atoms with Gasteiger partial charge in [-0.05, 0) is 38.6 Å². The van der Waals surface area contributed by atoms with Gasteiger partial charge < -0.3 is 11.5 Å². The first-order chi connectivity index (χ1) is 7.31. The number of hydrogen-bond acceptors (Lipinski definition) is 4. The number of unbranched alkanes of at least 4 members (excludes halogenated alkanes) is 1. The molecule has 0 spiro atoms. The van der Waals surface area contributed by atoms with Crippen LogP contribution in [0.2, 0.25) is 0 Å². The van der Waals surface area contributed by atoms with Crippen LogP contribution in [0, 0.1) is 0 Å². The molecule has 0 aliphatic heterocycles. The van der Waals surface area contributed by atoms with Crippen LogP contribution in [0.4, 0.5) is 5.82 Å². The number of rotatable bonds is 4. The van der Waals surface area contributed by atoms with Crippen LogP contribution in [0.5, 0.6) is 0 Å². The fourth-order valence-corrected chi connectivity index (χ4v) is 2.05. The highest BCUT2D eigenvalue weighted by atomic mass is 15.0. The Balaban J connectivity index is 2.09. The maximum Gasteiger partial charge on any atom is 0.131 e. The second-order valence-electron chi connectivity index (χ2n) is 4.05. The molecule has 0 unspecified atom stereocenters. The van der Waals surface area contributed by atoms with Gasteiger partial charge >= 0.3 is 0 Å². The second kappa shape index (κ2) is 4.57. The van der Waals surface area contributed by atoms with Crippen LogP contribution in [0.1, 0.15) is 36.3 Å². The Hall–Kier alpha value is -1.16. The van der Waals surface area contributed by atoms with Gasteiger partial charge in [-0.25, -0.2) is 9.97 Å². The lowest BCUT2D eigenvalue weighted by molar-refractivity contribution is 0.712. The molecule has 15 heavy (non-hydrogen) atoms. The fraction of sp³-hybridized carbons (Fsp3) is 0.636. The lowest BCUT2D eigenvalue weighted by Crippen LogP contribution is -2.06. The van der Waals surface area contributed by atoms with E-state index in [0.29, 0.717) is 5.82 Å². The van der Waals surface area contributed by atoms with Crippen LogP contribution in [-0.4, -0.2) is 16.5 Å². The van der Waals surface area contributed by atoms with Gasteiger partial charge in [0.2, 0.25) is 0 Å². The van der Waals surface area contributed by atoms with E-state index in [1.54, 1.807) is 0 Å². The Labute approximate surface area is 90.1 Å². The molecule has 0 saturated carbocycles. The van der Waals surface area contributed by atoms with Crippen molar-refractivity contribution in [2.45, 2.75) is 38.5 Å². The van der Waals surface area contributed by atoms with Crippen molar-refractivity contribution in [1.82, 2.24) is 9.97 Å². The molecule has 1 aliphatic rings. The van der Waals surface area contributed by atoms with Crippen LogP contribution < -0.4 is 11.5 Å². The summed E-state index contributed by atoms with van der Waals surface area (Å²) in [5.41, 5.74) is 13.7. The van der Waals surface area contributed by atoms with Crippen molar-refractivity contribution in [3.8, 4) is 0 Å². The van der Waals surface area contributed by atoms with E-state index in [-0.39, 0.29) is 0 Å². The third-order valence-electron chi connectivity index (χ3n) is 2.87. The molecule has 0 amide bonds. The molecule has 2 rings (SSSR count). The lowest BCUT2D eigenvalue weighted by Gasteiger charge is -2.06. The third kappa shape index (κ3) is 2.26. The normalized spacial score (nSPS) is 14.2. The van der Waals surface area contributed by atoms with E-state index in [0.717, 1.165) is 44.5 Å². The number of nitrogens with zero attached hydrogens (tertiary/aromatic N) is 2. The predicted octanol–water partition coefficient (Wildman–Crippen LogP) is 0.829. The quantitative estimate of drug-likeness (QED) is 0.715. The molecule has 4 heteroatoms. The molecular weight excluding hydrogens is 188 g/mol. The van der Waals surface area contributed by atoms with Crippen LogP contribution >= 0.6 is 0 Å². The average molecular weight is 206 g/mol. The standard InChI is InChI=1S/C11H18N4/c12-7-2-1-6-10-14-9-5-3-4-8(9)11(13)15-10/h1-7,12H2,(H2,13,14,15). The van der Waals surface area contributed by atoms with E-state index in [9.17, 15) is 0 Å². The van der Waals surface area contributed by atoms with Crippen molar-refractivity contribution in [3.05, 3.63) is 17.1 Å². The van der Waals surface area contributed by atoms with Crippen LogP contribution in [-0.2, 0) is 19.3 Å². The number of nitrogens with two attached hydrogens (primary N) is 2. The molecule has 0 bridgehead atoms. The van der Waals surface area contributed by atoms with Gasteiger partial charge in [0.1, 0.15) is 11.6 Å². The minimum atomic E-state index is 0.695. The number of aromatic nitrogens is 2. The zero-order chi connectivity index (χ0) is 10.7. The summed E-state index contributed by atoms with van der Waals surface area (Å²) in [7, 11) is 0. The Kier molecular flexibility index (Phi) is 3.16. The summed E-state index contributed by atoms with van der Waals surface area (Å²) < 4.78 is 0. The number of hydrogen-bond donors (Lipinski definition) is 2. The molecule has 0 fully saturated rings. The molecule has 0 atom stereocenters. The number of fused-ring (bicyclic) bond motifs is 1. The van der Waals surface area contributed by atoms with E-state index in [4.69, 9.17) is 11.5 Å². The van der Waals surface area contributed by atoms with Crippen molar-refractivity contribution >= 4 is 5.82 Å². The minimum absolute atomic E-state index is 0.695. The number of anilines is 1. The summed E-state index contributed by atoms with van der Waals surface area (Å²) in [5, 5.41) is 0. The third-order valence-corrected chi connectivity index (χ3v) is 2.87. The summed E-state index contributed by atoms with van der Waals surface area (Å²) in [6.07, 6.45) is 6.25. The first kappa shape index (κ1) is 10.4. The van der Waals surface area contributed by atoms with Crippen molar-refractivity contribution in [1.29, 1.82) is 0 Å².